The highest BCUT2D eigenvalue weighted by Gasteiger charge is 2.57. The van der Waals surface area contributed by atoms with Crippen molar-refractivity contribution < 1.29 is 4.79 Å². The Balaban J connectivity index is 1.70. The molecule has 1 aromatic carbocycles. The molecule has 0 aliphatic heterocycles. The Kier molecular flexibility index (Phi) is 2.86. The maximum atomic E-state index is 12.4. The van der Waals surface area contributed by atoms with Gasteiger partial charge in [0.1, 0.15) is 0 Å². The van der Waals surface area contributed by atoms with Crippen LogP contribution in [0.15, 0.2) is 24.3 Å². The molecule has 96 valence electrons. The van der Waals surface area contributed by atoms with Gasteiger partial charge in [-0.25, -0.2) is 0 Å². The number of fused-ring (bicyclic) bond motifs is 1. The van der Waals surface area contributed by atoms with Gasteiger partial charge in [0.15, 0.2) is 0 Å². The quantitative estimate of drug-likeness (QED) is 0.885. The lowest BCUT2D eigenvalue weighted by molar-refractivity contribution is -0.120. The van der Waals surface area contributed by atoms with Gasteiger partial charge in [-0.1, -0.05) is 18.6 Å². The lowest BCUT2D eigenvalue weighted by atomic mass is 10.1. The lowest BCUT2D eigenvalue weighted by Gasteiger charge is -2.18. The minimum atomic E-state index is 0.296. The van der Waals surface area contributed by atoms with E-state index in [9.17, 15) is 4.79 Å². The molecule has 3 heteroatoms. The maximum Gasteiger partial charge on any atom is 0.230 e. The first-order valence-corrected chi connectivity index (χ1v) is 6.79. The number of benzene rings is 1. The molecular formula is C15H20N2O. The summed E-state index contributed by atoms with van der Waals surface area (Å²) in [7, 11) is 1.88. The van der Waals surface area contributed by atoms with Gasteiger partial charge in [-0.15, -0.1) is 0 Å². The Morgan fingerprint density at radius 2 is 1.89 bits per heavy atom. The summed E-state index contributed by atoms with van der Waals surface area (Å²) in [6.45, 7) is 0.546. The third kappa shape index (κ3) is 1.83. The maximum absolute atomic E-state index is 12.4. The molecule has 0 bridgehead atoms. The highest BCUT2D eigenvalue weighted by atomic mass is 16.2. The Morgan fingerprint density at radius 3 is 2.44 bits per heavy atom. The molecule has 2 saturated carbocycles. The summed E-state index contributed by atoms with van der Waals surface area (Å²) < 4.78 is 0. The number of hydrogen-bond donors (Lipinski definition) is 1. The van der Waals surface area contributed by atoms with Gasteiger partial charge in [0.05, 0.1) is 0 Å². The molecule has 2 N–H and O–H groups in total. The number of nitrogens with zero attached hydrogens (tertiary/aromatic N) is 1. The molecule has 1 aromatic rings. The standard InChI is InChI=1S/C15H20N2O/c1-17(11-7-5-10(9-16)6-8-11)15(18)14-12-3-2-4-13(12)14/h5-8,12-14H,2-4,9,16H2,1H3. The Bertz CT molecular complexity index is 444. The van der Waals surface area contributed by atoms with E-state index in [1.54, 1.807) is 0 Å². The second kappa shape index (κ2) is 4.39. The molecule has 0 saturated heterocycles. The fourth-order valence-corrected chi connectivity index (χ4v) is 3.39. The molecule has 2 aliphatic carbocycles. The second-order valence-corrected chi connectivity index (χ2v) is 5.55. The molecular weight excluding hydrogens is 224 g/mol. The van der Waals surface area contributed by atoms with Gasteiger partial charge in [-0.05, 0) is 42.4 Å². The van der Waals surface area contributed by atoms with E-state index in [0.717, 1.165) is 11.3 Å². The molecule has 0 aromatic heterocycles. The zero-order chi connectivity index (χ0) is 12.7. The number of hydrogen-bond acceptors (Lipinski definition) is 2. The highest BCUT2D eigenvalue weighted by Crippen LogP contribution is 2.58. The van der Waals surface area contributed by atoms with Crippen molar-refractivity contribution in [2.45, 2.75) is 25.8 Å². The summed E-state index contributed by atoms with van der Waals surface area (Å²) in [4.78, 5) is 14.2. The van der Waals surface area contributed by atoms with Gasteiger partial charge in [0.25, 0.3) is 0 Å². The average molecular weight is 244 g/mol. The first-order valence-electron chi connectivity index (χ1n) is 6.79. The van der Waals surface area contributed by atoms with E-state index in [0.29, 0.717) is 30.2 Å². The Morgan fingerprint density at radius 1 is 1.28 bits per heavy atom. The van der Waals surface area contributed by atoms with E-state index in [1.807, 2.05) is 36.2 Å². The molecule has 2 aliphatic rings. The smallest absolute Gasteiger partial charge is 0.230 e. The van der Waals surface area contributed by atoms with E-state index in [1.165, 1.54) is 19.3 Å². The van der Waals surface area contributed by atoms with E-state index >= 15 is 0 Å². The van der Waals surface area contributed by atoms with Gasteiger partial charge in [-0.3, -0.25) is 4.79 Å². The normalized spacial score (nSPS) is 28.9. The molecule has 1 amide bonds. The van der Waals surface area contributed by atoms with Crippen molar-refractivity contribution >= 4 is 11.6 Å². The van der Waals surface area contributed by atoms with Crippen LogP contribution in [0.4, 0.5) is 5.69 Å². The molecule has 2 atom stereocenters. The molecule has 2 unspecified atom stereocenters. The third-order valence-electron chi connectivity index (χ3n) is 4.58. The molecule has 2 fully saturated rings. The summed E-state index contributed by atoms with van der Waals surface area (Å²) in [5.74, 6) is 1.97. The van der Waals surface area contributed by atoms with E-state index in [-0.39, 0.29) is 0 Å². The number of nitrogens with two attached hydrogens (primary N) is 1. The molecule has 0 radical (unpaired) electrons. The molecule has 0 spiro atoms. The van der Waals surface area contributed by atoms with Crippen molar-refractivity contribution in [3.8, 4) is 0 Å². The number of amides is 1. The number of rotatable bonds is 3. The number of anilines is 1. The van der Waals surface area contributed by atoms with Crippen LogP contribution in [-0.4, -0.2) is 13.0 Å². The van der Waals surface area contributed by atoms with Crippen LogP contribution < -0.4 is 10.6 Å². The van der Waals surface area contributed by atoms with Crippen LogP contribution in [0.5, 0.6) is 0 Å². The fraction of sp³-hybridized carbons (Fsp3) is 0.533. The first-order chi connectivity index (χ1) is 8.72. The van der Waals surface area contributed by atoms with Crippen LogP contribution in [0.1, 0.15) is 24.8 Å². The van der Waals surface area contributed by atoms with Crippen LogP contribution in [0.25, 0.3) is 0 Å². The Hall–Kier alpha value is -1.35. The van der Waals surface area contributed by atoms with E-state index in [2.05, 4.69) is 0 Å². The third-order valence-corrected chi connectivity index (χ3v) is 4.58. The zero-order valence-corrected chi connectivity index (χ0v) is 10.8. The predicted octanol–water partition coefficient (Wildman–Crippen LogP) is 2.15. The zero-order valence-electron chi connectivity index (χ0n) is 10.8. The number of carbonyl (C=O) groups is 1. The summed E-state index contributed by atoms with van der Waals surface area (Å²) >= 11 is 0. The van der Waals surface area contributed by atoms with Gasteiger partial charge in [-0.2, -0.15) is 0 Å². The number of carbonyl (C=O) groups excluding carboxylic acids is 1. The summed E-state index contributed by atoms with van der Waals surface area (Å²) in [6.07, 6.45) is 3.82. The van der Waals surface area contributed by atoms with Crippen LogP contribution in [0.3, 0.4) is 0 Å². The van der Waals surface area contributed by atoms with E-state index in [4.69, 9.17) is 5.73 Å². The predicted molar refractivity (Wildman–Crippen MR) is 72.1 cm³/mol. The summed E-state index contributed by atoms with van der Waals surface area (Å²) in [5.41, 5.74) is 7.65. The van der Waals surface area contributed by atoms with Crippen molar-refractivity contribution in [1.82, 2.24) is 0 Å². The monoisotopic (exact) mass is 244 g/mol. The molecule has 18 heavy (non-hydrogen) atoms. The Labute approximate surface area is 108 Å². The van der Waals surface area contributed by atoms with Gasteiger partial charge in [0.2, 0.25) is 5.91 Å². The molecule has 3 nitrogen and oxygen atoms in total. The SMILES string of the molecule is CN(C(=O)C1C2CCCC21)c1ccc(CN)cc1. The highest BCUT2D eigenvalue weighted by molar-refractivity contribution is 5.96. The topological polar surface area (TPSA) is 46.3 Å². The first kappa shape index (κ1) is 11.7. The van der Waals surface area contributed by atoms with Crippen LogP contribution in [0, 0.1) is 17.8 Å². The average Bonchev–Trinajstić information content (AvgIpc) is 2.89. The summed E-state index contributed by atoms with van der Waals surface area (Å²) in [5, 5.41) is 0. The minimum absolute atomic E-state index is 0.296. The molecule has 0 heterocycles. The van der Waals surface area contributed by atoms with Gasteiger partial charge >= 0.3 is 0 Å². The lowest BCUT2D eigenvalue weighted by Crippen LogP contribution is -2.29. The van der Waals surface area contributed by atoms with Crippen molar-refractivity contribution in [2.75, 3.05) is 11.9 Å². The van der Waals surface area contributed by atoms with Crippen molar-refractivity contribution in [3.63, 3.8) is 0 Å². The van der Waals surface area contributed by atoms with E-state index < -0.39 is 0 Å². The van der Waals surface area contributed by atoms with Crippen LogP contribution >= 0.6 is 0 Å². The van der Waals surface area contributed by atoms with Crippen LogP contribution in [0.2, 0.25) is 0 Å². The summed E-state index contributed by atoms with van der Waals surface area (Å²) in [6, 6.07) is 7.95. The van der Waals surface area contributed by atoms with Crippen molar-refractivity contribution in [3.05, 3.63) is 29.8 Å². The van der Waals surface area contributed by atoms with Crippen molar-refractivity contribution in [2.24, 2.45) is 23.5 Å². The largest absolute Gasteiger partial charge is 0.326 e. The minimum Gasteiger partial charge on any atom is -0.326 e. The van der Waals surface area contributed by atoms with Crippen LogP contribution in [-0.2, 0) is 11.3 Å². The van der Waals surface area contributed by atoms with Crippen molar-refractivity contribution in [1.29, 1.82) is 0 Å². The van der Waals surface area contributed by atoms with Gasteiger partial charge in [0, 0.05) is 25.2 Å². The second-order valence-electron chi connectivity index (χ2n) is 5.55. The molecule has 3 rings (SSSR count). The fourth-order valence-electron chi connectivity index (χ4n) is 3.39. The van der Waals surface area contributed by atoms with Gasteiger partial charge < -0.3 is 10.6 Å².